The molecule has 0 saturated carbocycles. The second-order valence-electron chi connectivity index (χ2n) is 1.36. The molecule has 0 aliphatic heterocycles. The van der Waals surface area contributed by atoms with Crippen molar-refractivity contribution in [2.75, 3.05) is 5.08 Å². The fraction of sp³-hybridized carbons (Fsp3) is 1.00. The Balaban J connectivity index is 3.61. The minimum Gasteiger partial charge on any atom is -0.317 e. The van der Waals surface area contributed by atoms with Crippen molar-refractivity contribution < 1.29 is 28.7 Å². The smallest absolute Gasteiger partial charge is 0.317 e. The van der Waals surface area contributed by atoms with Gasteiger partial charge < -0.3 is 19.6 Å². The van der Waals surface area contributed by atoms with Gasteiger partial charge in [-0.3, -0.25) is 0 Å². The molecule has 0 aromatic rings. The molecule has 0 atom stereocenters. The van der Waals surface area contributed by atoms with Crippen LogP contribution in [0.2, 0.25) is 0 Å². The first-order valence-corrected chi connectivity index (χ1v) is 8.51. The fourth-order valence-corrected chi connectivity index (χ4v) is 5.62. The Morgan fingerprint density at radius 1 is 0.909 bits per heavy atom. The van der Waals surface area contributed by atoms with Crippen molar-refractivity contribution in [3.63, 3.8) is 0 Å². The van der Waals surface area contributed by atoms with Crippen molar-refractivity contribution in [2.24, 2.45) is 0 Å². The molecular formula is CH6O6P2S2. The molecule has 68 valence electrons. The van der Waals surface area contributed by atoms with Crippen LogP contribution in [0.3, 0.4) is 0 Å². The molecule has 0 spiro atoms. The summed E-state index contributed by atoms with van der Waals surface area (Å²) >= 11 is 0.396. The lowest BCUT2D eigenvalue weighted by molar-refractivity contribution is 0.395. The lowest BCUT2D eigenvalue weighted by Gasteiger charge is -2.03. The van der Waals surface area contributed by atoms with E-state index in [0.29, 0.717) is 0 Å². The Morgan fingerprint density at radius 2 is 1.18 bits per heavy atom. The Bertz CT molecular complexity index is 181. The highest BCUT2D eigenvalue weighted by Crippen LogP contribution is 2.58. The summed E-state index contributed by atoms with van der Waals surface area (Å²) in [5.41, 5.74) is 0. The zero-order valence-corrected chi connectivity index (χ0v) is 8.45. The van der Waals surface area contributed by atoms with Crippen LogP contribution in [-0.4, -0.2) is 24.7 Å². The fourth-order valence-electron chi connectivity index (χ4n) is 0.161. The van der Waals surface area contributed by atoms with Gasteiger partial charge in [-0.05, 0) is 22.8 Å². The lowest BCUT2D eigenvalue weighted by Crippen LogP contribution is -1.74. The van der Waals surface area contributed by atoms with Crippen molar-refractivity contribution in [2.45, 2.75) is 0 Å². The van der Waals surface area contributed by atoms with Crippen LogP contribution in [0, 0.1) is 0 Å². The van der Waals surface area contributed by atoms with E-state index in [4.69, 9.17) is 19.6 Å². The van der Waals surface area contributed by atoms with Crippen molar-refractivity contribution in [1.29, 1.82) is 0 Å². The number of hydrogen-bond acceptors (Lipinski definition) is 4. The molecule has 0 bridgehead atoms. The van der Waals surface area contributed by atoms with E-state index in [-0.39, 0.29) is 27.8 Å². The molecule has 4 N–H and O–H groups in total. The molecule has 0 rings (SSSR count). The highest BCUT2D eigenvalue weighted by atomic mass is 32.8. The molecule has 10 heteroatoms. The SMILES string of the molecule is O=P(O)(O)SCSP(=O)(O)O. The van der Waals surface area contributed by atoms with Crippen LogP contribution in [0.25, 0.3) is 0 Å². The van der Waals surface area contributed by atoms with Crippen LogP contribution in [0.15, 0.2) is 0 Å². The van der Waals surface area contributed by atoms with Gasteiger partial charge in [-0.15, -0.1) is 0 Å². The van der Waals surface area contributed by atoms with E-state index < -0.39 is 13.6 Å². The molecular weight excluding hydrogens is 234 g/mol. The third-order valence-electron chi connectivity index (χ3n) is 0.442. The van der Waals surface area contributed by atoms with Crippen molar-refractivity contribution in [1.82, 2.24) is 0 Å². The molecule has 0 fully saturated rings. The van der Waals surface area contributed by atoms with Crippen LogP contribution in [0.1, 0.15) is 0 Å². The third kappa shape index (κ3) is 11.0. The molecule has 11 heavy (non-hydrogen) atoms. The summed E-state index contributed by atoms with van der Waals surface area (Å²) in [5, 5.41) is -0.325. The Kier molecular flexibility index (Phi) is 4.69. The largest absolute Gasteiger partial charge is 0.384 e. The third-order valence-corrected chi connectivity index (χ3v) is 5.87. The summed E-state index contributed by atoms with van der Waals surface area (Å²) in [7, 11) is 0. The Morgan fingerprint density at radius 3 is 1.36 bits per heavy atom. The molecule has 0 saturated heterocycles. The van der Waals surface area contributed by atoms with E-state index in [1.165, 1.54) is 0 Å². The molecule has 0 aromatic heterocycles. The van der Waals surface area contributed by atoms with Gasteiger partial charge in [0.05, 0.1) is 5.08 Å². The van der Waals surface area contributed by atoms with Crippen molar-refractivity contribution in [3.8, 4) is 0 Å². The van der Waals surface area contributed by atoms with Gasteiger partial charge in [0.25, 0.3) is 0 Å². The summed E-state index contributed by atoms with van der Waals surface area (Å²) in [6, 6.07) is 0. The van der Waals surface area contributed by atoms with Gasteiger partial charge in [0.1, 0.15) is 0 Å². The van der Waals surface area contributed by atoms with E-state index in [0.717, 1.165) is 0 Å². The zero-order valence-electron chi connectivity index (χ0n) is 5.02. The first-order valence-electron chi connectivity index (χ1n) is 2.11. The van der Waals surface area contributed by atoms with Crippen molar-refractivity contribution in [3.05, 3.63) is 0 Å². The average molecular weight is 240 g/mol. The lowest BCUT2D eigenvalue weighted by atomic mass is 11.9. The monoisotopic (exact) mass is 240 g/mol. The van der Waals surface area contributed by atoms with Crippen molar-refractivity contribution >= 4 is 36.4 Å². The van der Waals surface area contributed by atoms with E-state index in [1.807, 2.05) is 0 Å². The summed E-state index contributed by atoms with van der Waals surface area (Å²) in [5.74, 6) is 0. The first kappa shape index (κ1) is 12.0. The van der Waals surface area contributed by atoms with Crippen LogP contribution in [0.4, 0.5) is 0 Å². The minimum absolute atomic E-state index is 0.198. The predicted octanol–water partition coefficient (Wildman–Crippen LogP) is 0.596. The quantitative estimate of drug-likeness (QED) is 0.417. The van der Waals surface area contributed by atoms with Crippen LogP contribution in [-0.2, 0) is 9.13 Å². The van der Waals surface area contributed by atoms with Gasteiger partial charge in [-0.2, -0.15) is 0 Å². The molecule has 6 nitrogen and oxygen atoms in total. The molecule has 0 heterocycles. The van der Waals surface area contributed by atoms with Crippen LogP contribution < -0.4 is 0 Å². The maximum Gasteiger partial charge on any atom is 0.384 e. The Labute approximate surface area is 70.6 Å². The summed E-state index contributed by atoms with van der Waals surface area (Å²) in [4.78, 5) is 32.9. The van der Waals surface area contributed by atoms with Gasteiger partial charge in [-0.25, -0.2) is 9.13 Å². The topological polar surface area (TPSA) is 115 Å². The second-order valence-corrected chi connectivity index (χ2v) is 9.18. The molecule has 0 aliphatic carbocycles. The average Bonchev–Trinajstić information content (AvgIpc) is 1.55. The van der Waals surface area contributed by atoms with Gasteiger partial charge in [0.2, 0.25) is 0 Å². The predicted molar refractivity (Wildman–Crippen MR) is 44.1 cm³/mol. The molecule has 0 unspecified atom stereocenters. The van der Waals surface area contributed by atoms with Gasteiger partial charge >= 0.3 is 13.6 Å². The molecule has 0 aromatic carbocycles. The number of hydrogen-bond donors (Lipinski definition) is 4. The van der Waals surface area contributed by atoms with Crippen LogP contribution in [0.5, 0.6) is 0 Å². The molecule has 0 radical (unpaired) electrons. The highest BCUT2D eigenvalue weighted by Gasteiger charge is 2.19. The second kappa shape index (κ2) is 4.30. The van der Waals surface area contributed by atoms with E-state index in [9.17, 15) is 9.13 Å². The van der Waals surface area contributed by atoms with Gasteiger partial charge in [-0.1, -0.05) is 0 Å². The van der Waals surface area contributed by atoms with Gasteiger partial charge in [0, 0.05) is 0 Å². The molecule has 0 aliphatic rings. The Hall–Kier alpha value is 1.000. The maximum absolute atomic E-state index is 10.1. The van der Waals surface area contributed by atoms with E-state index >= 15 is 0 Å². The zero-order chi connectivity index (χ0) is 9.12. The van der Waals surface area contributed by atoms with E-state index in [1.54, 1.807) is 0 Å². The maximum atomic E-state index is 10.1. The molecule has 0 amide bonds. The highest BCUT2D eigenvalue weighted by molar-refractivity contribution is 8.65. The van der Waals surface area contributed by atoms with E-state index in [2.05, 4.69) is 0 Å². The van der Waals surface area contributed by atoms with Gasteiger partial charge in [0.15, 0.2) is 0 Å². The summed E-state index contributed by atoms with van der Waals surface area (Å²) in [6.45, 7) is -8.40. The summed E-state index contributed by atoms with van der Waals surface area (Å²) in [6.07, 6.45) is 0. The standard InChI is InChI=1S/CH6O6P2S2/c2-8(3,4)10-1-11-9(5,6)7/h1H2,(H2,2,3,4)(H2,5,6,7). The van der Waals surface area contributed by atoms with Crippen LogP contribution >= 0.6 is 36.4 Å². The first-order chi connectivity index (χ1) is 4.71. The minimum atomic E-state index is -4.20. The number of rotatable bonds is 4. The normalized spacial score (nSPS) is 13.5. The summed E-state index contributed by atoms with van der Waals surface area (Å²) < 4.78 is 20.2.